The van der Waals surface area contributed by atoms with Gasteiger partial charge in [0.05, 0.1) is 18.3 Å². The van der Waals surface area contributed by atoms with Gasteiger partial charge in [0, 0.05) is 50.5 Å². The second kappa shape index (κ2) is 10.5. The Morgan fingerprint density at radius 2 is 1.97 bits per heavy atom. The lowest BCUT2D eigenvalue weighted by Crippen LogP contribution is -2.36. The third-order valence-electron chi connectivity index (χ3n) is 5.88. The van der Waals surface area contributed by atoms with E-state index in [0.717, 1.165) is 11.8 Å². The van der Waals surface area contributed by atoms with Crippen LogP contribution in [0.1, 0.15) is 29.1 Å². The number of aliphatic hydroxyl groups excluding tert-OH is 2. The highest BCUT2D eigenvalue weighted by Gasteiger charge is 2.42. The molecule has 1 aromatic heterocycles. The lowest BCUT2D eigenvalue weighted by molar-refractivity contribution is -0.138. The van der Waals surface area contributed by atoms with Crippen LogP contribution in [0.5, 0.6) is 0 Å². The minimum atomic E-state index is -4.43. The first-order chi connectivity index (χ1) is 14.8. The van der Waals surface area contributed by atoms with E-state index in [-0.39, 0.29) is 36.6 Å². The average molecular weight is 439 g/mol. The summed E-state index contributed by atoms with van der Waals surface area (Å²) in [6, 6.07) is 6.98. The molecule has 170 valence electrons. The first-order valence-corrected chi connectivity index (χ1v) is 10.3. The fourth-order valence-corrected chi connectivity index (χ4v) is 4.28. The van der Waals surface area contributed by atoms with Crippen LogP contribution in [0.4, 0.5) is 13.2 Å². The molecule has 1 heterocycles. The number of hydrogen-bond donors (Lipinski definition) is 3. The maximum atomic E-state index is 13.3. The Hall–Kier alpha value is -2.07. The molecule has 3 N–H and O–H groups in total. The second-order valence-electron chi connectivity index (χ2n) is 7.87. The summed E-state index contributed by atoms with van der Waals surface area (Å²) in [5.74, 6) is 0.0815. The molecule has 1 aliphatic carbocycles. The van der Waals surface area contributed by atoms with Gasteiger partial charge in [-0.15, -0.1) is 0 Å². The number of rotatable bonds is 9. The van der Waals surface area contributed by atoms with Crippen LogP contribution in [-0.2, 0) is 30.3 Å². The minimum absolute atomic E-state index is 0.0184. The summed E-state index contributed by atoms with van der Waals surface area (Å²) in [4.78, 5) is 8.76. The van der Waals surface area contributed by atoms with Crippen molar-refractivity contribution in [1.29, 1.82) is 0 Å². The van der Waals surface area contributed by atoms with Crippen molar-refractivity contribution in [3.63, 3.8) is 0 Å². The molecule has 4 atom stereocenters. The topological polar surface area (TPSA) is 87.5 Å². The molecule has 3 rings (SSSR count). The zero-order chi connectivity index (χ0) is 22.4. The van der Waals surface area contributed by atoms with Crippen LogP contribution in [0.25, 0.3) is 0 Å². The molecule has 0 amide bonds. The van der Waals surface area contributed by atoms with E-state index in [4.69, 9.17) is 4.74 Å². The van der Waals surface area contributed by atoms with E-state index in [9.17, 15) is 23.4 Å². The Bertz CT molecular complexity index is 850. The first kappa shape index (κ1) is 23.6. The van der Waals surface area contributed by atoms with Gasteiger partial charge in [0.15, 0.2) is 0 Å². The van der Waals surface area contributed by atoms with E-state index in [2.05, 4.69) is 15.3 Å². The summed E-state index contributed by atoms with van der Waals surface area (Å²) in [5, 5.41) is 23.4. The summed E-state index contributed by atoms with van der Waals surface area (Å²) >= 11 is 0. The summed E-state index contributed by atoms with van der Waals surface area (Å²) in [6.07, 6.45) is -2.11. The molecular weight excluding hydrogens is 411 g/mol. The van der Waals surface area contributed by atoms with Gasteiger partial charge in [-0.1, -0.05) is 18.2 Å². The summed E-state index contributed by atoms with van der Waals surface area (Å²) in [7, 11) is 1.60. The molecule has 9 heteroatoms. The summed E-state index contributed by atoms with van der Waals surface area (Å²) in [5.41, 5.74) is 0.246. The van der Waals surface area contributed by atoms with Gasteiger partial charge in [-0.25, -0.2) is 9.97 Å². The van der Waals surface area contributed by atoms with Gasteiger partial charge in [0.2, 0.25) is 0 Å². The third kappa shape index (κ3) is 6.00. The first-order valence-electron chi connectivity index (χ1n) is 10.3. The third-order valence-corrected chi connectivity index (χ3v) is 5.88. The Labute approximate surface area is 179 Å². The zero-order valence-corrected chi connectivity index (χ0v) is 17.3. The molecule has 0 bridgehead atoms. The monoisotopic (exact) mass is 439 g/mol. The van der Waals surface area contributed by atoms with Crippen LogP contribution in [-0.4, -0.2) is 52.7 Å². The van der Waals surface area contributed by atoms with E-state index in [1.807, 2.05) is 0 Å². The second-order valence-corrected chi connectivity index (χ2v) is 7.87. The van der Waals surface area contributed by atoms with Crippen LogP contribution < -0.4 is 5.32 Å². The highest BCUT2D eigenvalue weighted by molar-refractivity contribution is 5.29. The molecule has 31 heavy (non-hydrogen) atoms. The van der Waals surface area contributed by atoms with Gasteiger partial charge in [-0.05, 0) is 36.5 Å². The predicted octanol–water partition coefficient (Wildman–Crippen LogP) is 2.37. The number of nitrogens with one attached hydrogen (secondary N) is 1. The number of aliphatic hydroxyl groups is 2. The fourth-order valence-electron chi connectivity index (χ4n) is 4.28. The number of alkyl halides is 3. The summed E-state index contributed by atoms with van der Waals surface area (Å²) < 4.78 is 44.9. The lowest BCUT2D eigenvalue weighted by atomic mass is 9.88. The Kier molecular flexibility index (Phi) is 7.99. The number of hydrogen-bond acceptors (Lipinski definition) is 6. The van der Waals surface area contributed by atoms with Gasteiger partial charge in [0.25, 0.3) is 0 Å². The molecule has 0 aliphatic heterocycles. The Balaban J connectivity index is 1.74. The van der Waals surface area contributed by atoms with Crippen LogP contribution >= 0.6 is 0 Å². The van der Waals surface area contributed by atoms with Crippen molar-refractivity contribution in [2.75, 3.05) is 20.3 Å². The number of halogens is 3. The van der Waals surface area contributed by atoms with Crippen molar-refractivity contribution < 1.29 is 28.1 Å². The van der Waals surface area contributed by atoms with E-state index in [0.29, 0.717) is 31.7 Å². The van der Waals surface area contributed by atoms with Crippen molar-refractivity contribution in [3.05, 3.63) is 59.2 Å². The molecule has 0 spiro atoms. The minimum Gasteiger partial charge on any atom is -0.396 e. The maximum Gasteiger partial charge on any atom is 0.416 e. The van der Waals surface area contributed by atoms with E-state index in [1.165, 1.54) is 12.1 Å². The predicted molar refractivity (Wildman–Crippen MR) is 108 cm³/mol. The standard InChI is InChI=1S/C22H28F3N3O3/c1-31-9-7-21-26-8-6-15(28-21)10-16-17(13-29)20(30)11-19(16)27-12-14-4-2-3-5-18(14)22(23,24)25/h2-6,8,16-17,19-20,27,29-30H,7,9-13H2,1H3/t16-,17-,19-,20-/m1/s1. The Morgan fingerprint density at radius 1 is 1.19 bits per heavy atom. The average Bonchev–Trinajstić information content (AvgIpc) is 3.04. The molecule has 6 nitrogen and oxygen atoms in total. The molecule has 0 unspecified atom stereocenters. The normalized spacial score (nSPS) is 23.9. The number of methoxy groups -OCH3 is 1. The van der Waals surface area contributed by atoms with Crippen molar-refractivity contribution in [2.45, 2.75) is 44.1 Å². The summed E-state index contributed by atoms with van der Waals surface area (Å²) in [6.45, 7) is 0.309. The maximum absolute atomic E-state index is 13.3. The lowest BCUT2D eigenvalue weighted by Gasteiger charge is -2.25. The van der Waals surface area contributed by atoms with E-state index >= 15 is 0 Å². The van der Waals surface area contributed by atoms with Gasteiger partial charge < -0.3 is 20.3 Å². The van der Waals surface area contributed by atoms with Crippen molar-refractivity contribution >= 4 is 0 Å². The molecular formula is C22H28F3N3O3. The van der Waals surface area contributed by atoms with Crippen molar-refractivity contribution in [1.82, 2.24) is 15.3 Å². The van der Waals surface area contributed by atoms with Crippen LogP contribution in [0.15, 0.2) is 36.5 Å². The number of ether oxygens (including phenoxy) is 1. The van der Waals surface area contributed by atoms with Crippen molar-refractivity contribution in [2.24, 2.45) is 11.8 Å². The number of nitrogens with zero attached hydrogens (tertiary/aromatic N) is 2. The van der Waals surface area contributed by atoms with Gasteiger partial charge in [-0.2, -0.15) is 13.2 Å². The fraction of sp³-hybridized carbons (Fsp3) is 0.545. The van der Waals surface area contributed by atoms with Gasteiger partial charge in [0.1, 0.15) is 5.82 Å². The Morgan fingerprint density at radius 3 is 2.68 bits per heavy atom. The van der Waals surface area contributed by atoms with E-state index < -0.39 is 17.8 Å². The van der Waals surface area contributed by atoms with Crippen LogP contribution in [0.3, 0.4) is 0 Å². The molecule has 1 aliphatic rings. The SMILES string of the molecule is COCCc1nccc(C[C@@H]2[C@@H](CO)[C@H](O)C[C@H]2NCc2ccccc2C(F)(F)F)n1. The molecule has 0 saturated heterocycles. The van der Waals surface area contributed by atoms with E-state index in [1.54, 1.807) is 25.4 Å². The van der Waals surface area contributed by atoms with Gasteiger partial charge in [-0.3, -0.25) is 0 Å². The zero-order valence-electron chi connectivity index (χ0n) is 17.3. The van der Waals surface area contributed by atoms with Crippen LogP contribution in [0.2, 0.25) is 0 Å². The van der Waals surface area contributed by atoms with Crippen molar-refractivity contribution in [3.8, 4) is 0 Å². The smallest absolute Gasteiger partial charge is 0.396 e. The molecule has 1 saturated carbocycles. The van der Waals surface area contributed by atoms with Crippen LogP contribution in [0, 0.1) is 11.8 Å². The quantitative estimate of drug-likeness (QED) is 0.556. The number of benzene rings is 1. The molecule has 0 radical (unpaired) electrons. The molecule has 1 fully saturated rings. The largest absolute Gasteiger partial charge is 0.416 e. The van der Waals surface area contributed by atoms with Gasteiger partial charge >= 0.3 is 6.18 Å². The number of aromatic nitrogens is 2. The highest BCUT2D eigenvalue weighted by Crippen LogP contribution is 2.36. The molecule has 2 aromatic rings. The highest BCUT2D eigenvalue weighted by atomic mass is 19.4. The molecule has 1 aromatic carbocycles.